The minimum absolute atomic E-state index is 0.130. The second-order valence-electron chi connectivity index (χ2n) is 4.71. The maximum absolute atomic E-state index is 11.1. The van der Waals surface area contributed by atoms with E-state index in [0.717, 1.165) is 17.9 Å². The third-order valence-corrected chi connectivity index (χ3v) is 2.97. The molecule has 4 heteroatoms. The smallest absolute Gasteiger partial charge is 0.305 e. The number of para-hydroxylation sites is 1. The molecule has 1 aromatic rings. The molecular weight excluding hydrogens is 232 g/mol. The number of carbonyl (C=O) groups excluding carboxylic acids is 1. The fraction of sp³-hybridized carbons (Fsp3) is 0.500. The van der Waals surface area contributed by atoms with Crippen LogP contribution in [-0.4, -0.2) is 31.9 Å². The zero-order valence-corrected chi connectivity index (χ0v) is 10.8. The van der Waals surface area contributed by atoms with Gasteiger partial charge in [0.15, 0.2) is 0 Å². The van der Waals surface area contributed by atoms with E-state index in [4.69, 9.17) is 9.47 Å². The van der Waals surface area contributed by atoms with Gasteiger partial charge in [0.2, 0.25) is 0 Å². The first kappa shape index (κ1) is 12.9. The first-order chi connectivity index (χ1) is 8.63. The van der Waals surface area contributed by atoms with Crippen LogP contribution in [0.1, 0.15) is 18.9 Å². The minimum Gasteiger partial charge on any atom is -0.490 e. The number of aryl methyl sites for hydroxylation is 1. The summed E-state index contributed by atoms with van der Waals surface area (Å²) in [7, 11) is 1.40. The lowest BCUT2D eigenvalue weighted by Crippen LogP contribution is -2.17. The van der Waals surface area contributed by atoms with E-state index in [1.165, 1.54) is 7.11 Å². The van der Waals surface area contributed by atoms with Gasteiger partial charge >= 0.3 is 5.97 Å². The number of ether oxygens (including phenoxy) is 3. The van der Waals surface area contributed by atoms with Crippen molar-refractivity contribution in [3.8, 4) is 5.75 Å². The van der Waals surface area contributed by atoms with Gasteiger partial charge in [0, 0.05) is 6.42 Å². The number of esters is 1. The normalized spacial score (nSPS) is 21.4. The Morgan fingerprint density at radius 1 is 1.44 bits per heavy atom. The van der Waals surface area contributed by atoms with Crippen LogP contribution in [0.2, 0.25) is 0 Å². The van der Waals surface area contributed by atoms with Crippen LogP contribution in [0.25, 0.3) is 0 Å². The molecule has 0 saturated carbocycles. The SMILES string of the molecule is COC(=O)CCc1ccccc1OC[C@@]1(C)CO1. The molecule has 1 aromatic carbocycles. The molecule has 1 fully saturated rings. The second-order valence-corrected chi connectivity index (χ2v) is 4.71. The standard InChI is InChI=1S/C14H18O4/c1-14(10-18-14)9-17-12-6-4-3-5-11(12)7-8-13(15)16-2/h3-6H,7-10H2,1-2H3/t14-/m0/s1. The predicted octanol–water partition coefficient (Wildman–Crippen LogP) is 1.96. The largest absolute Gasteiger partial charge is 0.490 e. The quantitative estimate of drug-likeness (QED) is 0.572. The number of hydrogen-bond donors (Lipinski definition) is 0. The highest BCUT2D eigenvalue weighted by Gasteiger charge is 2.40. The summed E-state index contributed by atoms with van der Waals surface area (Å²) in [4.78, 5) is 11.1. The van der Waals surface area contributed by atoms with Gasteiger partial charge < -0.3 is 14.2 Å². The van der Waals surface area contributed by atoms with E-state index in [9.17, 15) is 4.79 Å². The Balaban J connectivity index is 1.94. The molecule has 0 amide bonds. The molecular formula is C14H18O4. The van der Waals surface area contributed by atoms with E-state index >= 15 is 0 Å². The summed E-state index contributed by atoms with van der Waals surface area (Å²) in [6, 6.07) is 7.74. The molecule has 1 aliphatic heterocycles. The van der Waals surface area contributed by atoms with Crippen molar-refractivity contribution in [1.29, 1.82) is 0 Å². The molecule has 18 heavy (non-hydrogen) atoms. The molecule has 0 spiro atoms. The number of hydrogen-bond acceptors (Lipinski definition) is 4. The van der Waals surface area contributed by atoms with Crippen molar-refractivity contribution in [3.63, 3.8) is 0 Å². The molecule has 0 N–H and O–H groups in total. The highest BCUT2D eigenvalue weighted by Crippen LogP contribution is 2.28. The van der Waals surface area contributed by atoms with Crippen LogP contribution >= 0.6 is 0 Å². The van der Waals surface area contributed by atoms with E-state index < -0.39 is 0 Å². The first-order valence-electron chi connectivity index (χ1n) is 6.04. The van der Waals surface area contributed by atoms with Gasteiger partial charge in [-0.25, -0.2) is 0 Å². The van der Waals surface area contributed by atoms with E-state index in [1.54, 1.807) is 0 Å². The van der Waals surface area contributed by atoms with Crippen LogP contribution in [0.15, 0.2) is 24.3 Å². The van der Waals surface area contributed by atoms with Crippen molar-refractivity contribution in [2.75, 3.05) is 20.3 Å². The summed E-state index contributed by atoms with van der Waals surface area (Å²) in [6.45, 7) is 3.31. The van der Waals surface area contributed by atoms with Crippen molar-refractivity contribution in [2.24, 2.45) is 0 Å². The highest BCUT2D eigenvalue weighted by atomic mass is 16.6. The number of rotatable bonds is 6. The zero-order valence-electron chi connectivity index (χ0n) is 10.8. The van der Waals surface area contributed by atoms with Crippen molar-refractivity contribution < 1.29 is 19.0 Å². The minimum atomic E-state index is -0.206. The summed E-state index contributed by atoms with van der Waals surface area (Å²) in [5.41, 5.74) is 0.891. The Hall–Kier alpha value is -1.55. The van der Waals surface area contributed by atoms with Crippen LogP contribution in [-0.2, 0) is 20.7 Å². The van der Waals surface area contributed by atoms with Gasteiger partial charge in [0.05, 0.1) is 13.7 Å². The van der Waals surface area contributed by atoms with Gasteiger partial charge in [-0.15, -0.1) is 0 Å². The summed E-state index contributed by atoms with van der Waals surface area (Å²) in [5.74, 6) is 0.611. The van der Waals surface area contributed by atoms with Gasteiger partial charge in [-0.1, -0.05) is 18.2 Å². The Kier molecular flexibility index (Phi) is 3.87. The molecule has 0 unspecified atom stereocenters. The lowest BCUT2D eigenvalue weighted by Gasteiger charge is -2.12. The number of methoxy groups -OCH3 is 1. The van der Waals surface area contributed by atoms with Gasteiger partial charge in [-0.2, -0.15) is 0 Å². The monoisotopic (exact) mass is 250 g/mol. The van der Waals surface area contributed by atoms with Crippen LogP contribution in [0.4, 0.5) is 0 Å². The zero-order chi connectivity index (χ0) is 13.0. The van der Waals surface area contributed by atoms with Crippen molar-refractivity contribution in [3.05, 3.63) is 29.8 Å². The van der Waals surface area contributed by atoms with Crippen molar-refractivity contribution in [2.45, 2.75) is 25.4 Å². The summed E-state index contributed by atoms with van der Waals surface area (Å²) < 4.78 is 15.7. The molecule has 1 heterocycles. The third kappa shape index (κ3) is 3.47. The highest BCUT2D eigenvalue weighted by molar-refractivity contribution is 5.69. The number of epoxide rings is 1. The molecule has 98 valence electrons. The predicted molar refractivity (Wildman–Crippen MR) is 66.6 cm³/mol. The topological polar surface area (TPSA) is 48.1 Å². The van der Waals surface area contributed by atoms with Crippen LogP contribution in [0.5, 0.6) is 5.75 Å². The third-order valence-electron chi connectivity index (χ3n) is 2.97. The van der Waals surface area contributed by atoms with E-state index in [2.05, 4.69) is 4.74 Å². The van der Waals surface area contributed by atoms with Gasteiger partial charge in [-0.3, -0.25) is 4.79 Å². The maximum Gasteiger partial charge on any atom is 0.305 e. The maximum atomic E-state index is 11.1. The molecule has 0 bridgehead atoms. The van der Waals surface area contributed by atoms with E-state index in [1.807, 2.05) is 31.2 Å². The lowest BCUT2D eigenvalue weighted by molar-refractivity contribution is -0.140. The molecule has 0 aliphatic carbocycles. The fourth-order valence-corrected chi connectivity index (χ4v) is 1.63. The van der Waals surface area contributed by atoms with Crippen LogP contribution < -0.4 is 4.74 Å². The average Bonchev–Trinajstić information content (AvgIpc) is 3.13. The van der Waals surface area contributed by atoms with Gasteiger partial charge in [0.25, 0.3) is 0 Å². The first-order valence-corrected chi connectivity index (χ1v) is 6.04. The fourth-order valence-electron chi connectivity index (χ4n) is 1.63. The van der Waals surface area contributed by atoms with E-state index in [0.29, 0.717) is 19.4 Å². The van der Waals surface area contributed by atoms with Crippen molar-refractivity contribution in [1.82, 2.24) is 0 Å². The summed E-state index contributed by atoms with van der Waals surface area (Å²) >= 11 is 0. The van der Waals surface area contributed by atoms with Gasteiger partial charge in [0.1, 0.15) is 18.0 Å². The molecule has 4 nitrogen and oxygen atoms in total. The number of carbonyl (C=O) groups is 1. The Morgan fingerprint density at radius 2 is 2.17 bits per heavy atom. The average molecular weight is 250 g/mol. The molecule has 1 atom stereocenters. The molecule has 1 saturated heterocycles. The molecule has 0 aromatic heterocycles. The van der Waals surface area contributed by atoms with Crippen molar-refractivity contribution >= 4 is 5.97 Å². The lowest BCUT2D eigenvalue weighted by atomic mass is 10.1. The molecule has 0 radical (unpaired) electrons. The van der Waals surface area contributed by atoms with Gasteiger partial charge in [-0.05, 0) is 25.0 Å². The summed E-state index contributed by atoms with van der Waals surface area (Å²) in [5, 5.41) is 0. The number of benzene rings is 1. The Bertz CT molecular complexity index is 424. The van der Waals surface area contributed by atoms with Crippen LogP contribution in [0.3, 0.4) is 0 Å². The summed E-state index contributed by atoms with van der Waals surface area (Å²) in [6.07, 6.45) is 0.991. The Labute approximate surface area is 107 Å². The molecule has 2 rings (SSSR count). The second kappa shape index (κ2) is 5.40. The van der Waals surface area contributed by atoms with E-state index in [-0.39, 0.29) is 11.6 Å². The Morgan fingerprint density at radius 3 is 2.83 bits per heavy atom. The molecule has 1 aliphatic rings. The van der Waals surface area contributed by atoms with Crippen LogP contribution in [0, 0.1) is 0 Å².